The molecule has 0 amide bonds. The highest BCUT2D eigenvalue weighted by molar-refractivity contribution is 5.82. The van der Waals surface area contributed by atoms with Crippen molar-refractivity contribution in [1.29, 1.82) is 0 Å². The summed E-state index contributed by atoms with van der Waals surface area (Å²) in [5.41, 5.74) is 6.44. The third kappa shape index (κ3) is 5.04. The molecular formula is C29H39N3O4. The van der Waals surface area contributed by atoms with E-state index in [1.807, 2.05) is 12.1 Å². The van der Waals surface area contributed by atoms with Crippen LogP contribution < -0.4 is 14.4 Å². The van der Waals surface area contributed by atoms with Crippen LogP contribution in [0.5, 0.6) is 11.5 Å². The number of rotatable bonds is 11. The van der Waals surface area contributed by atoms with Gasteiger partial charge in [-0.2, -0.15) is 5.10 Å². The molecule has 0 unspecified atom stereocenters. The zero-order chi connectivity index (χ0) is 25.1. The van der Waals surface area contributed by atoms with Crippen LogP contribution in [0.15, 0.2) is 30.3 Å². The van der Waals surface area contributed by atoms with E-state index in [2.05, 4.69) is 34.5 Å². The van der Waals surface area contributed by atoms with Gasteiger partial charge in [-0.3, -0.25) is 0 Å². The highest BCUT2D eigenvalue weighted by Crippen LogP contribution is 2.42. The van der Waals surface area contributed by atoms with E-state index in [1.165, 1.54) is 18.5 Å². The van der Waals surface area contributed by atoms with Crippen LogP contribution in [0.2, 0.25) is 0 Å². The quantitative estimate of drug-likeness (QED) is 0.358. The number of hydrogen-bond donors (Lipinski definition) is 0. The van der Waals surface area contributed by atoms with Gasteiger partial charge in [0.05, 0.1) is 49.0 Å². The average Bonchev–Trinajstić information content (AvgIpc) is 3.64. The lowest BCUT2D eigenvalue weighted by atomic mass is 9.99. The molecule has 1 saturated heterocycles. The summed E-state index contributed by atoms with van der Waals surface area (Å²) in [6.45, 7) is 6.62. The fraction of sp³-hybridized carbons (Fsp3) is 0.552. The Morgan fingerprint density at radius 2 is 1.64 bits per heavy atom. The smallest absolute Gasteiger partial charge is 0.132 e. The molecule has 1 saturated carbocycles. The Kier molecular flexibility index (Phi) is 7.67. The maximum absolute atomic E-state index is 5.85. The normalized spacial score (nSPS) is 16.4. The minimum Gasteiger partial charge on any atom is -0.496 e. The minimum absolute atomic E-state index is 0.492. The van der Waals surface area contributed by atoms with Gasteiger partial charge < -0.3 is 23.8 Å². The summed E-state index contributed by atoms with van der Waals surface area (Å²) in [4.78, 5) is 2.63. The molecule has 194 valence electrons. The number of methoxy groups -OCH3 is 3. The van der Waals surface area contributed by atoms with Crippen molar-refractivity contribution in [1.82, 2.24) is 9.61 Å². The highest BCUT2D eigenvalue weighted by Gasteiger charge is 2.30. The molecular weight excluding hydrogens is 454 g/mol. The van der Waals surface area contributed by atoms with Crippen LogP contribution in [0.25, 0.3) is 16.8 Å². The number of benzene rings is 1. The van der Waals surface area contributed by atoms with Gasteiger partial charge in [0.15, 0.2) is 0 Å². The highest BCUT2D eigenvalue weighted by atomic mass is 16.5. The molecule has 3 heterocycles. The molecule has 0 N–H and O–H groups in total. The minimum atomic E-state index is 0.492. The van der Waals surface area contributed by atoms with E-state index >= 15 is 0 Å². The molecule has 36 heavy (non-hydrogen) atoms. The number of anilines is 1. The first-order valence-corrected chi connectivity index (χ1v) is 13.2. The fourth-order valence-electron chi connectivity index (χ4n) is 5.45. The molecule has 7 heteroatoms. The zero-order valence-corrected chi connectivity index (χ0v) is 22.1. The molecule has 2 fully saturated rings. The third-order valence-corrected chi connectivity index (χ3v) is 7.48. The first-order valence-electron chi connectivity index (χ1n) is 13.2. The van der Waals surface area contributed by atoms with Crippen molar-refractivity contribution in [2.24, 2.45) is 11.8 Å². The van der Waals surface area contributed by atoms with E-state index < -0.39 is 0 Å². The monoisotopic (exact) mass is 493 g/mol. The van der Waals surface area contributed by atoms with Crippen molar-refractivity contribution in [3.8, 4) is 22.8 Å². The van der Waals surface area contributed by atoms with Crippen LogP contribution in [0.1, 0.15) is 43.9 Å². The molecule has 1 aliphatic carbocycles. The third-order valence-electron chi connectivity index (χ3n) is 7.48. The molecule has 0 bridgehead atoms. The number of pyridine rings is 1. The topological polar surface area (TPSA) is 57.5 Å². The Bertz CT molecular complexity index is 1160. The number of hydrogen-bond acceptors (Lipinski definition) is 6. The van der Waals surface area contributed by atoms with E-state index in [-0.39, 0.29) is 0 Å². The predicted octanol–water partition coefficient (Wildman–Crippen LogP) is 5.37. The summed E-state index contributed by atoms with van der Waals surface area (Å²) in [5, 5.41) is 5.17. The fourth-order valence-corrected chi connectivity index (χ4v) is 5.45. The van der Waals surface area contributed by atoms with Gasteiger partial charge in [-0.25, -0.2) is 4.52 Å². The second-order valence-corrected chi connectivity index (χ2v) is 10.1. The maximum Gasteiger partial charge on any atom is 0.132 e. The van der Waals surface area contributed by atoms with Gasteiger partial charge in [0, 0.05) is 33.4 Å². The number of aromatic nitrogens is 2. The van der Waals surface area contributed by atoms with Crippen molar-refractivity contribution >= 4 is 11.2 Å². The van der Waals surface area contributed by atoms with E-state index in [4.69, 9.17) is 24.0 Å². The Morgan fingerprint density at radius 1 is 0.972 bits per heavy atom. The van der Waals surface area contributed by atoms with E-state index in [1.54, 1.807) is 21.3 Å². The van der Waals surface area contributed by atoms with Crippen LogP contribution in [0, 0.1) is 11.8 Å². The number of nitrogens with zero attached hydrogens (tertiary/aromatic N) is 3. The zero-order valence-electron chi connectivity index (χ0n) is 22.1. The average molecular weight is 494 g/mol. The molecule has 0 spiro atoms. The van der Waals surface area contributed by atoms with Crippen molar-refractivity contribution in [2.45, 2.75) is 45.6 Å². The largest absolute Gasteiger partial charge is 0.496 e. The van der Waals surface area contributed by atoms with Gasteiger partial charge in [0.1, 0.15) is 11.5 Å². The van der Waals surface area contributed by atoms with Crippen molar-refractivity contribution in [3.63, 3.8) is 0 Å². The Hall–Kier alpha value is -2.77. The van der Waals surface area contributed by atoms with Gasteiger partial charge in [-0.1, -0.05) is 13.0 Å². The Morgan fingerprint density at radius 3 is 2.22 bits per heavy atom. The van der Waals surface area contributed by atoms with Crippen LogP contribution in [-0.2, 0) is 22.5 Å². The van der Waals surface area contributed by atoms with Crippen LogP contribution in [0.4, 0.5) is 5.69 Å². The molecule has 1 aliphatic heterocycles. The molecule has 2 aromatic heterocycles. The van der Waals surface area contributed by atoms with E-state index in [0.29, 0.717) is 12.5 Å². The number of fused-ring (bicyclic) bond motifs is 1. The summed E-state index contributed by atoms with van der Waals surface area (Å²) in [6.07, 6.45) is 5.81. The summed E-state index contributed by atoms with van der Waals surface area (Å²) in [5.74, 6) is 2.96. The van der Waals surface area contributed by atoms with Gasteiger partial charge in [-0.05, 0) is 73.8 Å². The number of ether oxygens (including phenoxy) is 4. The van der Waals surface area contributed by atoms with Crippen LogP contribution in [0.3, 0.4) is 0 Å². The predicted molar refractivity (Wildman–Crippen MR) is 142 cm³/mol. The summed E-state index contributed by atoms with van der Waals surface area (Å²) >= 11 is 0. The second-order valence-electron chi connectivity index (χ2n) is 10.1. The summed E-state index contributed by atoms with van der Waals surface area (Å²) in [6, 6.07) is 10.5. The summed E-state index contributed by atoms with van der Waals surface area (Å²) < 4.78 is 24.8. The molecule has 2 aliphatic rings. The molecule has 3 aromatic rings. The van der Waals surface area contributed by atoms with Gasteiger partial charge in [0.25, 0.3) is 0 Å². The van der Waals surface area contributed by atoms with Gasteiger partial charge in [-0.15, -0.1) is 0 Å². The molecule has 0 radical (unpaired) electrons. The van der Waals surface area contributed by atoms with Crippen molar-refractivity contribution in [2.75, 3.05) is 52.5 Å². The maximum atomic E-state index is 5.85. The van der Waals surface area contributed by atoms with Crippen LogP contribution >= 0.6 is 0 Å². The second kappa shape index (κ2) is 11.1. The Balaban J connectivity index is 1.63. The van der Waals surface area contributed by atoms with Crippen LogP contribution in [-0.4, -0.2) is 57.2 Å². The molecule has 1 aromatic carbocycles. The number of aryl methyl sites for hydroxylation is 1. The van der Waals surface area contributed by atoms with Gasteiger partial charge >= 0.3 is 0 Å². The van der Waals surface area contributed by atoms with Crippen molar-refractivity contribution in [3.05, 3.63) is 41.6 Å². The van der Waals surface area contributed by atoms with E-state index in [0.717, 1.165) is 91.0 Å². The lowest BCUT2D eigenvalue weighted by Crippen LogP contribution is -2.34. The molecule has 0 atom stereocenters. The van der Waals surface area contributed by atoms with E-state index in [9.17, 15) is 0 Å². The molecule has 5 rings (SSSR count). The summed E-state index contributed by atoms with van der Waals surface area (Å²) in [7, 11) is 5.09. The lowest BCUT2D eigenvalue weighted by Gasteiger charge is -2.31. The Labute approximate surface area is 214 Å². The lowest BCUT2D eigenvalue weighted by molar-refractivity contribution is 0.0682. The standard InChI is InChI=1S/C29H39N3O4/c1-5-23-29(31(17-20-9-10-20)18-21-11-13-36-14-12-21)25-8-6-7-24(32(25)30-23)28-26(34-3)15-22(19-33-2)16-27(28)35-4/h6-8,15-16,20-21H,5,9-14,17-19H2,1-4H3. The van der Waals surface area contributed by atoms with Gasteiger partial charge in [0.2, 0.25) is 0 Å². The molecule has 7 nitrogen and oxygen atoms in total. The first-order chi connectivity index (χ1) is 17.7. The first kappa shape index (κ1) is 24.9. The SMILES string of the molecule is CCc1nn2c(-c3c(OC)cc(COC)cc3OC)cccc2c1N(CC1CCOCC1)CC1CC1. The van der Waals surface area contributed by atoms with Crippen molar-refractivity contribution < 1.29 is 18.9 Å².